The molecule has 2 atom stereocenters. The third-order valence-electron chi connectivity index (χ3n) is 4.72. The van der Waals surface area contributed by atoms with Crippen molar-refractivity contribution in [3.05, 3.63) is 27.6 Å². The van der Waals surface area contributed by atoms with Crippen LogP contribution in [0, 0.1) is 6.92 Å². The SMILES string of the molecule is Cc1nn(CC(=O)NC2C(=O)N3C(C(=O)O)=C(CSc4nnnn4C)CSC23)cc1Br. The van der Waals surface area contributed by atoms with Gasteiger partial charge < -0.3 is 10.4 Å². The maximum Gasteiger partial charge on any atom is 0.352 e. The van der Waals surface area contributed by atoms with Gasteiger partial charge in [-0.2, -0.15) is 5.10 Å². The minimum absolute atomic E-state index is 0.0338. The van der Waals surface area contributed by atoms with E-state index in [9.17, 15) is 19.5 Å². The largest absolute Gasteiger partial charge is 0.477 e. The number of hydrogen-bond acceptors (Lipinski definition) is 9. The van der Waals surface area contributed by atoms with Gasteiger partial charge in [-0.3, -0.25) is 19.2 Å². The third kappa shape index (κ3) is 4.21. The van der Waals surface area contributed by atoms with Gasteiger partial charge in [-0.15, -0.1) is 16.9 Å². The maximum atomic E-state index is 12.7. The van der Waals surface area contributed by atoms with Crippen LogP contribution >= 0.6 is 39.5 Å². The highest BCUT2D eigenvalue weighted by Crippen LogP contribution is 2.41. The zero-order valence-electron chi connectivity index (χ0n) is 16.4. The Balaban J connectivity index is 1.43. The second-order valence-corrected chi connectivity index (χ2v) is 9.75. The number of rotatable bonds is 7. The van der Waals surface area contributed by atoms with Crippen LogP contribution in [-0.4, -0.2) is 80.7 Å². The molecule has 2 aliphatic heterocycles. The van der Waals surface area contributed by atoms with Crippen LogP contribution in [0.5, 0.6) is 0 Å². The lowest BCUT2D eigenvalue weighted by atomic mass is 10.0. The van der Waals surface area contributed by atoms with Gasteiger partial charge in [0.25, 0.3) is 5.91 Å². The van der Waals surface area contributed by atoms with Crippen molar-refractivity contribution in [2.45, 2.75) is 30.0 Å². The molecule has 2 aromatic heterocycles. The summed E-state index contributed by atoms with van der Waals surface area (Å²) in [5.41, 5.74) is 1.32. The summed E-state index contributed by atoms with van der Waals surface area (Å²) in [6.45, 7) is 1.77. The number of carboxylic acids is 1. The van der Waals surface area contributed by atoms with Crippen LogP contribution < -0.4 is 5.32 Å². The van der Waals surface area contributed by atoms with Gasteiger partial charge in [0.2, 0.25) is 11.1 Å². The van der Waals surface area contributed by atoms with Crippen molar-refractivity contribution in [2.24, 2.45) is 7.05 Å². The first-order chi connectivity index (χ1) is 14.8. The molecule has 4 heterocycles. The van der Waals surface area contributed by atoms with Crippen LogP contribution in [0.25, 0.3) is 0 Å². The Hall–Kier alpha value is -2.39. The summed E-state index contributed by atoms with van der Waals surface area (Å²) in [4.78, 5) is 38.3. The predicted octanol–water partition coefficient (Wildman–Crippen LogP) is 0.00842. The Bertz CT molecular complexity index is 1080. The molecule has 4 rings (SSSR count). The van der Waals surface area contributed by atoms with E-state index in [1.807, 2.05) is 0 Å². The fourth-order valence-corrected chi connectivity index (χ4v) is 5.88. The number of carbonyl (C=O) groups is 3. The van der Waals surface area contributed by atoms with Crippen molar-refractivity contribution in [1.29, 1.82) is 0 Å². The maximum absolute atomic E-state index is 12.7. The molecule has 2 aliphatic rings. The minimum atomic E-state index is -1.17. The normalized spacial score (nSPS) is 20.5. The topological polar surface area (TPSA) is 148 Å². The number of thioether (sulfide) groups is 2. The number of nitrogens with one attached hydrogen (secondary N) is 1. The second-order valence-electron chi connectivity index (χ2n) is 6.85. The number of halogens is 1. The standard InChI is InChI=1S/C16H17BrN8O4S2/c1-7-9(17)3-24(20-7)4-10(26)18-11-13(27)25-12(15(28)29)8(5-30-14(11)25)6-31-16-19-21-22-23(16)2/h3,11,14H,4-6H2,1-2H3,(H,18,26)(H,28,29). The predicted molar refractivity (Wildman–Crippen MR) is 114 cm³/mol. The van der Waals surface area contributed by atoms with E-state index in [2.05, 4.69) is 41.9 Å². The van der Waals surface area contributed by atoms with Crippen molar-refractivity contribution in [3.63, 3.8) is 0 Å². The number of aliphatic carboxylic acids is 1. The van der Waals surface area contributed by atoms with Crippen LogP contribution in [0.1, 0.15) is 5.69 Å². The Labute approximate surface area is 192 Å². The van der Waals surface area contributed by atoms with Crippen LogP contribution in [0.2, 0.25) is 0 Å². The molecule has 1 fully saturated rings. The van der Waals surface area contributed by atoms with Gasteiger partial charge in [-0.05, 0) is 38.9 Å². The van der Waals surface area contributed by atoms with E-state index in [1.165, 1.54) is 37.8 Å². The molecule has 2 amide bonds. The highest BCUT2D eigenvalue weighted by molar-refractivity contribution is 9.10. The van der Waals surface area contributed by atoms with Crippen molar-refractivity contribution < 1.29 is 19.5 Å². The van der Waals surface area contributed by atoms with E-state index in [1.54, 1.807) is 20.2 Å². The first kappa shape index (κ1) is 21.8. The first-order valence-electron chi connectivity index (χ1n) is 9.00. The van der Waals surface area contributed by atoms with Crippen LogP contribution in [0.3, 0.4) is 0 Å². The molecule has 0 aromatic carbocycles. The average Bonchev–Trinajstić information content (AvgIpc) is 3.27. The molecule has 1 saturated heterocycles. The fourth-order valence-electron chi connectivity index (χ4n) is 3.23. The molecule has 2 aromatic rings. The Morgan fingerprint density at radius 3 is 2.84 bits per heavy atom. The number of aryl methyl sites for hydroxylation is 2. The number of carbonyl (C=O) groups excluding carboxylic acids is 2. The Kier molecular flexibility index (Phi) is 6.07. The van der Waals surface area contributed by atoms with Gasteiger partial charge in [0.1, 0.15) is 23.7 Å². The first-order valence-corrected chi connectivity index (χ1v) is 11.8. The van der Waals surface area contributed by atoms with E-state index >= 15 is 0 Å². The molecule has 0 bridgehead atoms. The van der Waals surface area contributed by atoms with Crippen LogP contribution in [0.4, 0.5) is 0 Å². The van der Waals surface area contributed by atoms with Crippen molar-refractivity contribution in [1.82, 2.24) is 40.2 Å². The van der Waals surface area contributed by atoms with E-state index in [-0.39, 0.29) is 18.1 Å². The van der Waals surface area contributed by atoms with E-state index in [0.29, 0.717) is 22.2 Å². The summed E-state index contributed by atoms with van der Waals surface area (Å²) in [6, 6.07) is -0.774. The monoisotopic (exact) mass is 528 g/mol. The minimum Gasteiger partial charge on any atom is -0.477 e. The van der Waals surface area contributed by atoms with Gasteiger partial charge in [0.05, 0.1) is 10.2 Å². The summed E-state index contributed by atoms with van der Waals surface area (Å²) in [6.07, 6.45) is 1.68. The lowest BCUT2D eigenvalue weighted by Crippen LogP contribution is -2.70. The number of fused-ring (bicyclic) bond motifs is 1. The zero-order valence-corrected chi connectivity index (χ0v) is 19.6. The van der Waals surface area contributed by atoms with Gasteiger partial charge in [-0.1, -0.05) is 11.8 Å². The number of hydrogen-bond donors (Lipinski definition) is 2. The molecule has 2 unspecified atom stereocenters. The fraction of sp³-hybridized carbons (Fsp3) is 0.438. The molecule has 164 valence electrons. The molecule has 12 nitrogen and oxygen atoms in total. The van der Waals surface area contributed by atoms with Crippen LogP contribution in [0.15, 0.2) is 27.1 Å². The van der Waals surface area contributed by atoms with Gasteiger partial charge in [-0.25, -0.2) is 9.48 Å². The van der Waals surface area contributed by atoms with E-state index in [0.717, 1.165) is 10.2 Å². The quantitative estimate of drug-likeness (QED) is 0.371. The molecule has 31 heavy (non-hydrogen) atoms. The molecule has 0 saturated carbocycles. The Morgan fingerprint density at radius 2 is 2.23 bits per heavy atom. The molecule has 0 aliphatic carbocycles. The molecular formula is C16H17BrN8O4S2. The second kappa shape index (κ2) is 8.63. The number of nitrogens with zero attached hydrogens (tertiary/aromatic N) is 7. The van der Waals surface area contributed by atoms with Gasteiger partial charge in [0.15, 0.2) is 0 Å². The lowest BCUT2D eigenvalue weighted by molar-refractivity contribution is -0.150. The van der Waals surface area contributed by atoms with Crippen molar-refractivity contribution in [3.8, 4) is 0 Å². The summed E-state index contributed by atoms with van der Waals surface area (Å²) in [5.74, 6) is -1.23. The number of carboxylic acid groups (broad SMARTS) is 1. The van der Waals surface area contributed by atoms with Crippen molar-refractivity contribution in [2.75, 3.05) is 11.5 Å². The highest BCUT2D eigenvalue weighted by Gasteiger charge is 2.54. The molecule has 0 spiro atoms. The van der Waals surface area contributed by atoms with Crippen LogP contribution in [-0.2, 0) is 28.0 Å². The van der Waals surface area contributed by atoms with Gasteiger partial charge >= 0.3 is 5.97 Å². The number of aromatic nitrogens is 6. The summed E-state index contributed by atoms with van der Waals surface area (Å²) in [7, 11) is 1.69. The summed E-state index contributed by atoms with van der Waals surface area (Å²) in [5, 5.41) is 27.9. The number of β-lactam (4-membered cyclic amide) rings is 1. The van der Waals surface area contributed by atoms with Crippen molar-refractivity contribution >= 4 is 57.2 Å². The zero-order chi connectivity index (χ0) is 22.3. The smallest absolute Gasteiger partial charge is 0.352 e. The molecule has 2 N–H and O–H groups in total. The number of tetrazole rings is 1. The molecule has 15 heteroatoms. The highest BCUT2D eigenvalue weighted by atomic mass is 79.9. The average molecular weight is 529 g/mol. The lowest BCUT2D eigenvalue weighted by Gasteiger charge is -2.49. The third-order valence-corrected chi connectivity index (χ3v) is 7.93. The Morgan fingerprint density at radius 1 is 1.45 bits per heavy atom. The molecule has 0 radical (unpaired) electrons. The van der Waals surface area contributed by atoms with Gasteiger partial charge in [0, 0.05) is 24.8 Å². The van der Waals surface area contributed by atoms with E-state index in [4.69, 9.17) is 0 Å². The van der Waals surface area contributed by atoms with E-state index < -0.39 is 23.3 Å². The molecular weight excluding hydrogens is 512 g/mol. The summed E-state index contributed by atoms with van der Waals surface area (Å²) < 4.78 is 3.75. The number of amides is 2. The summed E-state index contributed by atoms with van der Waals surface area (Å²) >= 11 is 6.05.